The molecule has 0 aliphatic rings. The van der Waals surface area contributed by atoms with Gasteiger partial charge in [-0.2, -0.15) is 0 Å². The monoisotopic (exact) mass is 312 g/mol. The van der Waals surface area contributed by atoms with E-state index < -0.39 is 0 Å². The number of hydrogen-bond donors (Lipinski definition) is 0. The molecular formula is C21H29P. The van der Waals surface area contributed by atoms with E-state index in [9.17, 15) is 0 Å². The first-order valence-electron chi connectivity index (χ1n) is 8.71. The van der Waals surface area contributed by atoms with Crippen LogP contribution in [0, 0.1) is 6.92 Å². The molecular weight excluding hydrogens is 283 g/mol. The molecule has 118 valence electrons. The summed E-state index contributed by atoms with van der Waals surface area (Å²) in [5.74, 6) is 0. The molecule has 1 unspecified atom stereocenters. The Kier molecular flexibility index (Phi) is 7.67. The number of unbranched alkanes of at least 4 members (excludes halogenated alkanes) is 5. The molecule has 1 atom stereocenters. The van der Waals surface area contributed by atoms with Crippen LogP contribution in [-0.4, -0.2) is 6.16 Å². The van der Waals surface area contributed by atoms with Crippen molar-refractivity contribution in [1.82, 2.24) is 0 Å². The molecule has 2 aromatic carbocycles. The van der Waals surface area contributed by atoms with Crippen LogP contribution < -0.4 is 10.6 Å². The zero-order chi connectivity index (χ0) is 15.6. The van der Waals surface area contributed by atoms with E-state index in [1.807, 2.05) is 0 Å². The van der Waals surface area contributed by atoms with Gasteiger partial charge in [0.25, 0.3) is 0 Å². The van der Waals surface area contributed by atoms with Crippen LogP contribution in [-0.2, 0) is 0 Å². The van der Waals surface area contributed by atoms with Crippen LogP contribution in [0.4, 0.5) is 0 Å². The predicted octanol–water partition coefficient (Wildman–Crippen LogP) is 5.79. The average Bonchev–Trinajstić information content (AvgIpc) is 2.56. The summed E-state index contributed by atoms with van der Waals surface area (Å²) in [6.07, 6.45) is 9.61. The Labute approximate surface area is 137 Å². The molecule has 0 heterocycles. The Balaban J connectivity index is 2.02. The van der Waals surface area contributed by atoms with Gasteiger partial charge in [0.15, 0.2) is 0 Å². The summed E-state index contributed by atoms with van der Waals surface area (Å²) in [5, 5.41) is 3.10. The van der Waals surface area contributed by atoms with Crippen LogP contribution in [0.1, 0.15) is 51.0 Å². The molecule has 0 aliphatic carbocycles. The summed E-state index contributed by atoms with van der Waals surface area (Å²) in [6, 6.07) is 20.1. The first-order chi connectivity index (χ1) is 10.8. The van der Waals surface area contributed by atoms with Crippen molar-refractivity contribution in [2.24, 2.45) is 0 Å². The van der Waals surface area contributed by atoms with E-state index in [1.54, 1.807) is 5.30 Å². The third kappa shape index (κ3) is 5.25. The van der Waals surface area contributed by atoms with Gasteiger partial charge in [0.2, 0.25) is 0 Å². The minimum atomic E-state index is -0.196. The van der Waals surface area contributed by atoms with Crippen LogP contribution in [0.3, 0.4) is 0 Å². The fraction of sp³-hybridized carbons (Fsp3) is 0.429. The van der Waals surface area contributed by atoms with Gasteiger partial charge in [-0.15, -0.1) is 0 Å². The second-order valence-electron chi connectivity index (χ2n) is 6.04. The van der Waals surface area contributed by atoms with Crippen LogP contribution in [0.5, 0.6) is 0 Å². The van der Waals surface area contributed by atoms with E-state index in [0.717, 1.165) is 0 Å². The van der Waals surface area contributed by atoms with Gasteiger partial charge in [-0.05, 0) is 43.6 Å². The molecule has 2 rings (SSSR count). The lowest BCUT2D eigenvalue weighted by molar-refractivity contribution is 0.626. The molecule has 0 N–H and O–H groups in total. The highest BCUT2D eigenvalue weighted by Crippen LogP contribution is 2.36. The summed E-state index contributed by atoms with van der Waals surface area (Å²) in [4.78, 5) is 0. The van der Waals surface area contributed by atoms with E-state index in [-0.39, 0.29) is 7.92 Å². The molecule has 0 radical (unpaired) electrons. The second-order valence-corrected chi connectivity index (χ2v) is 8.34. The minimum Gasteiger partial charge on any atom is -0.0654 e. The van der Waals surface area contributed by atoms with Crippen LogP contribution in [0.2, 0.25) is 0 Å². The fourth-order valence-electron chi connectivity index (χ4n) is 2.91. The molecule has 0 saturated heterocycles. The van der Waals surface area contributed by atoms with Crippen LogP contribution in [0.15, 0.2) is 54.6 Å². The maximum atomic E-state index is 2.34. The Hall–Kier alpha value is -1.13. The average molecular weight is 312 g/mol. The van der Waals surface area contributed by atoms with Gasteiger partial charge < -0.3 is 0 Å². The Morgan fingerprint density at radius 2 is 1.36 bits per heavy atom. The molecule has 0 bridgehead atoms. The molecule has 0 saturated carbocycles. The third-order valence-electron chi connectivity index (χ3n) is 4.21. The Morgan fingerprint density at radius 1 is 0.727 bits per heavy atom. The van der Waals surface area contributed by atoms with E-state index in [0.29, 0.717) is 0 Å². The van der Waals surface area contributed by atoms with Crippen molar-refractivity contribution in [3.05, 3.63) is 60.2 Å². The largest absolute Gasteiger partial charge is 0.0654 e. The van der Waals surface area contributed by atoms with Crippen LogP contribution in [0.25, 0.3) is 0 Å². The molecule has 0 aromatic heterocycles. The maximum absolute atomic E-state index is 2.34. The van der Waals surface area contributed by atoms with Crippen molar-refractivity contribution >= 4 is 18.5 Å². The quantitative estimate of drug-likeness (QED) is 0.406. The standard InChI is InChI=1S/C21H29P/c1-3-4-5-6-7-13-18-22(20-15-9-8-10-16-20)21-17-12-11-14-19(21)2/h8-12,14-17H,3-7,13,18H2,1-2H3. The van der Waals surface area contributed by atoms with Gasteiger partial charge in [0.05, 0.1) is 0 Å². The lowest BCUT2D eigenvalue weighted by atomic mass is 10.1. The van der Waals surface area contributed by atoms with Gasteiger partial charge in [-0.25, -0.2) is 0 Å². The number of aryl methyl sites for hydroxylation is 1. The molecule has 0 spiro atoms. The minimum absolute atomic E-state index is 0.196. The Bertz CT molecular complexity index is 533. The highest BCUT2D eigenvalue weighted by atomic mass is 31.1. The molecule has 0 aliphatic heterocycles. The number of rotatable bonds is 9. The van der Waals surface area contributed by atoms with E-state index in [2.05, 4.69) is 68.4 Å². The fourth-order valence-corrected chi connectivity index (χ4v) is 5.53. The Morgan fingerprint density at radius 3 is 2.09 bits per heavy atom. The summed E-state index contributed by atoms with van der Waals surface area (Å²) in [5.41, 5.74) is 1.45. The van der Waals surface area contributed by atoms with E-state index >= 15 is 0 Å². The smallest absolute Gasteiger partial charge is 0.0166 e. The molecule has 2 aromatic rings. The summed E-state index contributed by atoms with van der Waals surface area (Å²) in [7, 11) is -0.196. The third-order valence-corrected chi connectivity index (χ3v) is 6.98. The predicted molar refractivity (Wildman–Crippen MR) is 102 cm³/mol. The maximum Gasteiger partial charge on any atom is -0.0166 e. The number of benzene rings is 2. The van der Waals surface area contributed by atoms with Gasteiger partial charge in [0, 0.05) is 0 Å². The highest BCUT2D eigenvalue weighted by Gasteiger charge is 2.14. The first-order valence-corrected chi connectivity index (χ1v) is 10.2. The zero-order valence-electron chi connectivity index (χ0n) is 14.1. The molecule has 0 nitrogen and oxygen atoms in total. The van der Waals surface area contributed by atoms with Crippen LogP contribution >= 0.6 is 7.92 Å². The first kappa shape index (κ1) is 17.2. The lowest BCUT2D eigenvalue weighted by Gasteiger charge is -2.20. The van der Waals surface area contributed by atoms with Crippen molar-refractivity contribution < 1.29 is 0 Å². The van der Waals surface area contributed by atoms with E-state index in [1.165, 1.54) is 55.6 Å². The van der Waals surface area contributed by atoms with Crippen molar-refractivity contribution in [1.29, 1.82) is 0 Å². The van der Waals surface area contributed by atoms with Crippen molar-refractivity contribution in [3.8, 4) is 0 Å². The van der Waals surface area contributed by atoms with Crippen molar-refractivity contribution in [2.45, 2.75) is 52.4 Å². The molecule has 0 fully saturated rings. The normalized spacial score (nSPS) is 12.3. The van der Waals surface area contributed by atoms with Gasteiger partial charge in [-0.1, -0.05) is 93.6 Å². The van der Waals surface area contributed by atoms with Crippen molar-refractivity contribution in [3.63, 3.8) is 0 Å². The van der Waals surface area contributed by atoms with Gasteiger partial charge >= 0.3 is 0 Å². The molecule has 1 heteroatoms. The van der Waals surface area contributed by atoms with Gasteiger partial charge in [-0.3, -0.25) is 0 Å². The molecule has 22 heavy (non-hydrogen) atoms. The second kappa shape index (κ2) is 9.80. The van der Waals surface area contributed by atoms with Gasteiger partial charge in [0.1, 0.15) is 0 Å². The zero-order valence-corrected chi connectivity index (χ0v) is 15.0. The number of hydrogen-bond acceptors (Lipinski definition) is 0. The molecule has 0 amide bonds. The topological polar surface area (TPSA) is 0 Å². The summed E-state index contributed by atoms with van der Waals surface area (Å²) < 4.78 is 0. The summed E-state index contributed by atoms with van der Waals surface area (Å²) >= 11 is 0. The van der Waals surface area contributed by atoms with E-state index in [4.69, 9.17) is 0 Å². The SMILES string of the molecule is CCCCCCCCP(c1ccccc1)c1ccccc1C. The van der Waals surface area contributed by atoms with Crippen molar-refractivity contribution in [2.75, 3.05) is 6.16 Å². The summed E-state index contributed by atoms with van der Waals surface area (Å²) in [6.45, 7) is 4.54. The highest BCUT2D eigenvalue weighted by molar-refractivity contribution is 7.73. The lowest BCUT2D eigenvalue weighted by Crippen LogP contribution is -2.16.